The van der Waals surface area contributed by atoms with E-state index in [4.69, 9.17) is 4.98 Å². The summed E-state index contributed by atoms with van der Waals surface area (Å²) < 4.78 is 1.09. The third-order valence-corrected chi connectivity index (χ3v) is 5.54. The molecule has 0 saturated heterocycles. The maximum atomic E-state index is 4.81. The molecule has 0 radical (unpaired) electrons. The molecule has 0 aliphatic carbocycles. The predicted octanol–water partition coefficient (Wildman–Crippen LogP) is 4.34. The van der Waals surface area contributed by atoms with Gasteiger partial charge in [-0.25, -0.2) is 9.97 Å². The van der Waals surface area contributed by atoms with Crippen LogP contribution in [0.2, 0.25) is 0 Å². The van der Waals surface area contributed by atoms with Crippen LogP contribution in [0.5, 0.6) is 0 Å². The monoisotopic (exact) mass is 419 g/mol. The van der Waals surface area contributed by atoms with E-state index in [-0.39, 0.29) is 0 Å². The van der Waals surface area contributed by atoms with Crippen molar-refractivity contribution in [3.05, 3.63) is 76.3 Å². The minimum atomic E-state index is 0.702. The first-order valence-electron chi connectivity index (χ1n) is 9.00. The SMILES string of the molecule is Brc1ccc2c(CN3CCc4cnc(-c5ccccn5)nc4C3)c[nH]c2c1. The van der Waals surface area contributed by atoms with Crippen LogP contribution in [0.3, 0.4) is 0 Å². The number of pyridine rings is 1. The van der Waals surface area contributed by atoms with E-state index in [1.807, 2.05) is 24.4 Å². The lowest BCUT2D eigenvalue weighted by atomic mass is 10.1. The van der Waals surface area contributed by atoms with Gasteiger partial charge in [-0.1, -0.05) is 28.1 Å². The van der Waals surface area contributed by atoms with Crippen LogP contribution >= 0.6 is 15.9 Å². The minimum absolute atomic E-state index is 0.702. The maximum absolute atomic E-state index is 4.81. The maximum Gasteiger partial charge on any atom is 0.178 e. The molecule has 6 heteroatoms. The minimum Gasteiger partial charge on any atom is -0.361 e. The van der Waals surface area contributed by atoms with Crippen molar-refractivity contribution in [2.45, 2.75) is 19.5 Å². The number of aromatic amines is 1. The summed E-state index contributed by atoms with van der Waals surface area (Å²) in [6.07, 6.45) is 6.84. The Morgan fingerprint density at radius 1 is 1.15 bits per heavy atom. The van der Waals surface area contributed by atoms with Crippen molar-refractivity contribution in [1.29, 1.82) is 0 Å². The second kappa shape index (κ2) is 6.87. The van der Waals surface area contributed by atoms with Crippen LogP contribution < -0.4 is 0 Å². The second-order valence-corrected chi connectivity index (χ2v) is 7.76. The molecule has 0 spiro atoms. The van der Waals surface area contributed by atoms with Gasteiger partial charge in [0.15, 0.2) is 5.82 Å². The third kappa shape index (κ3) is 3.26. The van der Waals surface area contributed by atoms with E-state index in [9.17, 15) is 0 Å². The zero-order valence-electron chi connectivity index (χ0n) is 14.7. The fraction of sp³-hybridized carbons (Fsp3) is 0.190. The van der Waals surface area contributed by atoms with Crippen LogP contribution in [0.1, 0.15) is 16.8 Å². The van der Waals surface area contributed by atoms with E-state index in [1.54, 1.807) is 6.20 Å². The topological polar surface area (TPSA) is 57.7 Å². The van der Waals surface area contributed by atoms with Crippen LogP contribution in [-0.4, -0.2) is 31.4 Å². The average molecular weight is 420 g/mol. The molecule has 5 nitrogen and oxygen atoms in total. The molecule has 0 unspecified atom stereocenters. The first-order chi connectivity index (χ1) is 13.3. The normalized spacial score (nSPS) is 14.4. The average Bonchev–Trinajstić information content (AvgIpc) is 3.10. The first kappa shape index (κ1) is 16.6. The van der Waals surface area contributed by atoms with E-state index in [0.717, 1.165) is 47.4 Å². The van der Waals surface area contributed by atoms with E-state index >= 15 is 0 Å². The highest BCUT2D eigenvalue weighted by Gasteiger charge is 2.20. The number of nitrogens with one attached hydrogen (secondary N) is 1. The third-order valence-electron chi connectivity index (χ3n) is 5.04. The summed E-state index contributed by atoms with van der Waals surface area (Å²) in [5, 5.41) is 1.28. The van der Waals surface area contributed by atoms with Gasteiger partial charge in [-0.15, -0.1) is 0 Å². The Hall–Kier alpha value is -2.57. The summed E-state index contributed by atoms with van der Waals surface area (Å²) in [6.45, 7) is 2.76. The molecule has 1 aromatic carbocycles. The van der Waals surface area contributed by atoms with Gasteiger partial charge >= 0.3 is 0 Å². The van der Waals surface area contributed by atoms with Crippen LogP contribution in [0, 0.1) is 0 Å². The fourth-order valence-electron chi connectivity index (χ4n) is 3.64. The molecule has 27 heavy (non-hydrogen) atoms. The Bertz CT molecular complexity index is 1110. The lowest BCUT2D eigenvalue weighted by Gasteiger charge is -2.27. The Balaban J connectivity index is 1.40. The number of nitrogens with zero attached hydrogens (tertiary/aromatic N) is 4. The van der Waals surface area contributed by atoms with E-state index in [0.29, 0.717) is 5.82 Å². The number of rotatable bonds is 3. The van der Waals surface area contributed by atoms with E-state index < -0.39 is 0 Å². The number of hydrogen-bond donors (Lipinski definition) is 1. The van der Waals surface area contributed by atoms with Crippen LogP contribution in [0.4, 0.5) is 0 Å². The van der Waals surface area contributed by atoms with Gasteiger partial charge in [-0.05, 0) is 41.8 Å². The van der Waals surface area contributed by atoms with Crippen molar-refractivity contribution < 1.29 is 0 Å². The molecule has 1 aliphatic rings. The molecule has 1 N–H and O–H groups in total. The molecule has 1 aliphatic heterocycles. The number of benzene rings is 1. The largest absolute Gasteiger partial charge is 0.361 e. The quantitative estimate of drug-likeness (QED) is 0.536. The summed E-state index contributed by atoms with van der Waals surface area (Å²) in [6, 6.07) is 12.2. The van der Waals surface area contributed by atoms with Crippen molar-refractivity contribution in [2.75, 3.05) is 6.54 Å². The summed E-state index contributed by atoms with van der Waals surface area (Å²) >= 11 is 3.53. The highest BCUT2D eigenvalue weighted by Crippen LogP contribution is 2.26. The lowest BCUT2D eigenvalue weighted by molar-refractivity contribution is 0.242. The predicted molar refractivity (Wildman–Crippen MR) is 109 cm³/mol. The second-order valence-electron chi connectivity index (χ2n) is 6.84. The van der Waals surface area contributed by atoms with Gasteiger partial charge in [0.05, 0.1) is 5.69 Å². The Morgan fingerprint density at radius 2 is 2.11 bits per heavy atom. The number of hydrogen-bond acceptors (Lipinski definition) is 4. The summed E-state index contributed by atoms with van der Waals surface area (Å²) in [5.41, 5.74) is 5.66. The van der Waals surface area contributed by atoms with Crippen molar-refractivity contribution in [3.63, 3.8) is 0 Å². The zero-order chi connectivity index (χ0) is 18.2. The number of fused-ring (bicyclic) bond motifs is 2. The zero-order valence-corrected chi connectivity index (χ0v) is 16.3. The molecule has 0 atom stereocenters. The number of H-pyrrole nitrogens is 1. The smallest absolute Gasteiger partial charge is 0.178 e. The lowest BCUT2D eigenvalue weighted by Crippen LogP contribution is -2.31. The van der Waals surface area contributed by atoms with E-state index in [2.05, 4.69) is 60.2 Å². The molecule has 4 heterocycles. The number of aromatic nitrogens is 4. The van der Waals surface area contributed by atoms with Gasteiger partial charge in [-0.3, -0.25) is 9.88 Å². The molecule has 3 aromatic heterocycles. The van der Waals surface area contributed by atoms with Crippen LogP contribution in [0.15, 0.2) is 59.5 Å². The Kier molecular flexibility index (Phi) is 4.22. The molecular weight excluding hydrogens is 402 g/mol. The van der Waals surface area contributed by atoms with Crippen molar-refractivity contribution in [3.8, 4) is 11.5 Å². The summed E-state index contributed by atoms with van der Waals surface area (Å²) in [5.74, 6) is 0.702. The number of halogens is 1. The molecule has 0 bridgehead atoms. The van der Waals surface area contributed by atoms with Crippen LogP contribution in [0.25, 0.3) is 22.4 Å². The van der Waals surface area contributed by atoms with Gasteiger partial charge in [-0.2, -0.15) is 0 Å². The highest BCUT2D eigenvalue weighted by molar-refractivity contribution is 9.10. The standard InChI is InChI=1S/C21H18BrN5/c22-16-4-5-17-15(11-24-19(17)9-16)12-27-8-6-14-10-25-21(26-20(14)13-27)18-3-1-2-7-23-18/h1-5,7,9-11,24H,6,8,12-13H2. The van der Waals surface area contributed by atoms with Crippen molar-refractivity contribution in [1.82, 2.24) is 24.8 Å². The Labute approximate surface area is 165 Å². The van der Waals surface area contributed by atoms with Gasteiger partial charge in [0, 0.05) is 53.6 Å². The van der Waals surface area contributed by atoms with Crippen LogP contribution in [-0.2, 0) is 19.5 Å². The van der Waals surface area contributed by atoms with Gasteiger partial charge in [0.2, 0.25) is 0 Å². The first-order valence-corrected chi connectivity index (χ1v) is 9.79. The Morgan fingerprint density at radius 3 is 3.00 bits per heavy atom. The highest BCUT2D eigenvalue weighted by atomic mass is 79.9. The van der Waals surface area contributed by atoms with Crippen molar-refractivity contribution >= 4 is 26.8 Å². The summed E-state index contributed by atoms with van der Waals surface area (Å²) in [7, 11) is 0. The van der Waals surface area contributed by atoms with E-state index in [1.165, 1.54) is 16.5 Å². The molecule has 134 valence electrons. The summed E-state index contributed by atoms with van der Waals surface area (Å²) in [4.78, 5) is 19.5. The molecule has 0 amide bonds. The molecule has 4 aromatic rings. The van der Waals surface area contributed by atoms with Gasteiger partial charge < -0.3 is 4.98 Å². The van der Waals surface area contributed by atoms with Gasteiger partial charge in [0.1, 0.15) is 5.69 Å². The molecule has 0 saturated carbocycles. The van der Waals surface area contributed by atoms with Gasteiger partial charge in [0.25, 0.3) is 0 Å². The molecule has 5 rings (SSSR count). The molecular formula is C21H18BrN5. The fourth-order valence-corrected chi connectivity index (χ4v) is 4.00. The molecule has 0 fully saturated rings. The van der Waals surface area contributed by atoms with Crippen molar-refractivity contribution in [2.24, 2.45) is 0 Å².